The van der Waals surface area contributed by atoms with Gasteiger partial charge in [0.1, 0.15) is 0 Å². The van der Waals surface area contributed by atoms with Gasteiger partial charge in [-0.3, -0.25) is 4.79 Å². The molecule has 114 valence electrons. The van der Waals surface area contributed by atoms with Crippen molar-refractivity contribution in [1.82, 2.24) is 10.6 Å². The topological polar surface area (TPSA) is 98.7 Å². The number of carbonyl (C=O) groups excluding carboxylic acids is 1. The predicted octanol–water partition coefficient (Wildman–Crippen LogP) is 0.895. The molecule has 0 spiro atoms. The molecule has 0 aliphatic heterocycles. The number of carbonyl (C=O) groups is 2. The van der Waals surface area contributed by atoms with Crippen LogP contribution in [0.15, 0.2) is 30.3 Å². The molecule has 4 N–H and O–H groups in total. The van der Waals surface area contributed by atoms with Crippen LogP contribution in [0.25, 0.3) is 0 Å². The molecule has 1 aromatic rings. The third-order valence-corrected chi connectivity index (χ3v) is 3.71. The van der Waals surface area contributed by atoms with Gasteiger partial charge in [-0.15, -0.1) is 0 Å². The fraction of sp³-hybridized carbons (Fsp3) is 0.467. The fourth-order valence-corrected chi connectivity index (χ4v) is 2.29. The molecule has 6 nitrogen and oxygen atoms in total. The molecule has 2 atom stereocenters. The van der Waals surface area contributed by atoms with Crippen LogP contribution in [0.5, 0.6) is 0 Å². The number of rotatable bonds is 6. The van der Waals surface area contributed by atoms with Gasteiger partial charge in [-0.1, -0.05) is 30.3 Å². The number of aliphatic hydroxyl groups excluding tert-OH is 1. The lowest BCUT2D eigenvalue weighted by Crippen LogP contribution is -2.54. The molecule has 2 rings (SSSR count). The number of hydrogen-bond donors (Lipinski definition) is 4. The Labute approximate surface area is 123 Å². The number of carboxylic acid groups (broad SMARTS) is 1. The van der Waals surface area contributed by atoms with Crippen LogP contribution in [0.2, 0.25) is 0 Å². The van der Waals surface area contributed by atoms with Crippen LogP contribution in [-0.4, -0.2) is 40.4 Å². The summed E-state index contributed by atoms with van der Waals surface area (Å²) in [7, 11) is 0. The SMILES string of the molecule is O=C(O)N[C@@H](Cc1ccccc1)C(O)C(=O)NC1CCC1. The van der Waals surface area contributed by atoms with Gasteiger partial charge in [-0.25, -0.2) is 4.79 Å². The van der Waals surface area contributed by atoms with E-state index in [1.165, 1.54) is 0 Å². The molecule has 0 saturated heterocycles. The zero-order chi connectivity index (χ0) is 15.2. The minimum atomic E-state index is -1.40. The number of hydrogen-bond acceptors (Lipinski definition) is 3. The van der Waals surface area contributed by atoms with Crippen molar-refractivity contribution in [2.45, 2.75) is 43.9 Å². The smallest absolute Gasteiger partial charge is 0.404 e. The molecule has 0 heterocycles. The predicted molar refractivity (Wildman–Crippen MR) is 76.9 cm³/mol. The van der Waals surface area contributed by atoms with Gasteiger partial charge in [0.25, 0.3) is 5.91 Å². The Morgan fingerprint density at radius 2 is 1.90 bits per heavy atom. The maximum absolute atomic E-state index is 12.0. The summed E-state index contributed by atoms with van der Waals surface area (Å²) < 4.78 is 0. The highest BCUT2D eigenvalue weighted by atomic mass is 16.4. The van der Waals surface area contributed by atoms with Crippen molar-refractivity contribution in [1.29, 1.82) is 0 Å². The lowest BCUT2D eigenvalue weighted by Gasteiger charge is -2.29. The average molecular weight is 292 g/mol. The van der Waals surface area contributed by atoms with Gasteiger partial charge in [-0.2, -0.15) is 0 Å². The third-order valence-electron chi connectivity index (χ3n) is 3.71. The molecule has 1 saturated carbocycles. The Kier molecular flexibility index (Phi) is 5.16. The Morgan fingerprint density at radius 3 is 2.43 bits per heavy atom. The van der Waals surface area contributed by atoms with Gasteiger partial charge in [-0.05, 0) is 31.2 Å². The van der Waals surface area contributed by atoms with Crippen molar-refractivity contribution < 1.29 is 19.8 Å². The molecular formula is C15H20N2O4. The first-order valence-electron chi connectivity index (χ1n) is 7.08. The average Bonchev–Trinajstić information content (AvgIpc) is 2.41. The van der Waals surface area contributed by atoms with E-state index in [2.05, 4.69) is 10.6 Å². The molecule has 0 bridgehead atoms. The van der Waals surface area contributed by atoms with Crippen molar-refractivity contribution in [3.63, 3.8) is 0 Å². The standard InChI is InChI=1S/C15H20N2O4/c18-13(14(19)16-11-7-4-8-11)12(17-15(20)21)9-10-5-2-1-3-6-10/h1-3,5-6,11-13,17-18H,4,7-9H2,(H,16,19)(H,20,21)/t12-,13?/m0/s1. The first-order valence-corrected chi connectivity index (χ1v) is 7.08. The minimum absolute atomic E-state index is 0.106. The largest absolute Gasteiger partial charge is 0.465 e. The zero-order valence-electron chi connectivity index (χ0n) is 11.7. The van der Waals surface area contributed by atoms with Crippen LogP contribution in [0, 0.1) is 0 Å². The maximum Gasteiger partial charge on any atom is 0.404 e. The van der Waals surface area contributed by atoms with Crippen LogP contribution < -0.4 is 10.6 Å². The van der Waals surface area contributed by atoms with Crippen LogP contribution in [0.3, 0.4) is 0 Å². The molecule has 1 aliphatic carbocycles. The second kappa shape index (κ2) is 7.08. The molecule has 1 unspecified atom stereocenters. The first-order chi connectivity index (χ1) is 10.1. The summed E-state index contributed by atoms with van der Waals surface area (Å²) >= 11 is 0. The van der Waals surface area contributed by atoms with Gasteiger partial charge < -0.3 is 20.8 Å². The third kappa shape index (κ3) is 4.46. The quantitative estimate of drug-likeness (QED) is 0.626. The van der Waals surface area contributed by atoms with Crippen LogP contribution in [-0.2, 0) is 11.2 Å². The molecule has 21 heavy (non-hydrogen) atoms. The highest BCUT2D eigenvalue weighted by Crippen LogP contribution is 2.18. The van der Waals surface area contributed by atoms with E-state index in [4.69, 9.17) is 5.11 Å². The molecule has 1 aromatic carbocycles. The van der Waals surface area contributed by atoms with E-state index in [0.717, 1.165) is 24.8 Å². The van der Waals surface area contributed by atoms with E-state index >= 15 is 0 Å². The highest BCUT2D eigenvalue weighted by molar-refractivity contribution is 5.82. The van der Waals surface area contributed by atoms with Crippen LogP contribution >= 0.6 is 0 Å². The van der Waals surface area contributed by atoms with E-state index in [1.54, 1.807) is 0 Å². The maximum atomic E-state index is 12.0. The summed E-state index contributed by atoms with van der Waals surface area (Å²) in [5.41, 5.74) is 0.853. The summed E-state index contributed by atoms with van der Waals surface area (Å²) in [5, 5.41) is 24.0. The van der Waals surface area contributed by atoms with Gasteiger partial charge in [0.15, 0.2) is 6.10 Å². The number of aliphatic hydroxyl groups is 1. The molecule has 1 fully saturated rings. The monoisotopic (exact) mass is 292 g/mol. The summed E-state index contributed by atoms with van der Waals surface area (Å²) in [5.74, 6) is -0.519. The number of benzene rings is 1. The summed E-state index contributed by atoms with van der Waals surface area (Å²) in [6.07, 6.45) is 0.490. The summed E-state index contributed by atoms with van der Waals surface area (Å²) in [6.45, 7) is 0. The van der Waals surface area contributed by atoms with Crippen LogP contribution in [0.4, 0.5) is 4.79 Å². The Balaban J connectivity index is 1.99. The minimum Gasteiger partial charge on any atom is -0.465 e. The van der Waals surface area contributed by atoms with E-state index in [1.807, 2.05) is 30.3 Å². The van der Waals surface area contributed by atoms with E-state index < -0.39 is 24.1 Å². The summed E-state index contributed by atoms with van der Waals surface area (Å²) in [6, 6.07) is 8.39. The van der Waals surface area contributed by atoms with E-state index in [-0.39, 0.29) is 12.5 Å². The molecule has 0 radical (unpaired) electrons. The lowest BCUT2D eigenvalue weighted by atomic mass is 9.92. The molecule has 2 amide bonds. The van der Waals surface area contributed by atoms with Gasteiger partial charge >= 0.3 is 6.09 Å². The van der Waals surface area contributed by atoms with Gasteiger partial charge in [0.05, 0.1) is 6.04 Å². The Morgan fingerprint density at radius 1 is 1.24 bits per heavy atom. The van der Waals surface area contributed by atoms with Gasteiger partial charge in [0.2, 0.25) is 0 Å². The molecular weight excluding hydrogens is 272 g/mol. The van der Waals surface area contributed by atoms with Gasteiger partial charge in [0, 0.05) is 6.04 Å². The molecule has 1 aliphatic rings. The second-order valence-corrected chi connectivity index (χ2v) is 5.33. The summed E-state index contributed by atoms with van der Waals surface area (Å²) in [4.78, 5) is 22.8. The van der Waals surface area contributed by atoms with E-state index in [9.17, 15) is 14.7 Å². The Hall–Kier alpha value is -2.08. The second-order valence-electron chi connectivity index (χ2n) is 5.33. The molecule has 6 heteroatoms. The van der Waals surface area contributed by atoms with Crippen molar-refractivity contribution in [3.8, 4) is 0 Å². The van der Waals surface area contributed by atoms with Crippen molar-refractivity contribution >= 4 is 12.0 Å². The van der Waals surface area contributed by atoms with Crippen molar-refractivity contribution in [3.05, 3.63) is 35.9 Å². The Bertz CT molecular complexity index is 488. The van der Waals surface area contributed by atoms with Crippen LogP contribution in [0.1, 0.15) is 24.8 Å². The zero-order valence-corrected chi connectivity index (χ0v) is 11.7. The van der Waals surface area contributed by atoms with Crippen molar-refractivity contribution in [2.75, 3.05) is 0 Å². The lowest BCUT2D eigenvalue weighted by molar-refractivity contribution is -0.131. The molecule has 0 aromatic heterocycles. The highest BCUT2D eigenvalue weighted by Gasteiger charge is 2.30. The number of nitrogens with one attached hydrogen (secondary N) is 2. The van der Waals surface area contributed by atoms with Crippen molar-refractivity contribution in [2.24, 2.45) is 0 Å². The number of amides is 2. The first kappa shape index (κ1) is 15.3. The normalized spacial score (nSPS) is 17.4. The van der Waals surface area contributed by atoms with E-state index in [0.29, 0.717) is 0 Å². The fourth-order valence-electron chi connectivity index (χ4n) is 2.29.